The number of nitrogens with zero attached hydrogens (tertiary/aromatic N) is 1. The highest BCUT2D eigenvalue weighted by Crippen LogP contribution is 2.41. The molecule has 0 saturated carbocycles. The fourth-order valence-corrected chi connectivity index (χ4v) is 7.52. The first-order valence-electron chi connectivity index (χ1n) is 19.5. The van der Waals surface area contributed by atoms with E-state index in [4.69, 9.17) is 0 Å². The number of aldehydes is 1. The predicted octanol–water partition coefficient (Wildman–Crippen LogP) is 13.0. The summed E-state index contributed by atoms with van der Waals surface area (Å²) in [5.74, 6) is 0. The van der Waals surface area contributed by atoms with Gasteiger partial charge in [-0.25, -0.2) is 4.57 Å². The molecule has 0 amide bonds. The van der Waals surface area contributed by atoms with Gasteiger partial charge >= 0.3 is 49.4 Å². The minimum Gasteiger partial charge on any atom is -0.298 e. The number of hydrogen-bond donors (Lipinski definition) is 0. The van der Waals surface area contributed by atoms with Crippen LogP contribution in [0.4, 0.5) is 105 Å². The average molecular weight is 1060 g/mol. The van der Waals surface area contributed by atoms with Crippen LogP contribution in [-0.2, 0) is 56.0 Å². The van der Waals surface area contributed by atoms with E-state index in [0.29, 0.717) is 5.56 Å². The number of halogens is 24. The number of carbonyl (C=O) groups excluding carboxylic acids is 1. The zero-order chi connectivity index (χ0) is 54.4. The molecule has 0 atom stereocenters. The quantitative estimate of drug-likeness (QED) is 0.0675. The van der Waals surface area contributed by atoms with Crippen molar-refractivity contribution < 1.29 is 115 Å². The van der Waals surface area contributed by atoms with Gasteiger partial charge in [-0.15, -0.1) is 0 Å². The second-order valence-electron chi connectivity index (χ2n) is 15.6. The lowest BCUT2D eigenvalue weighted by Gasteiger charge is -2.46. The Hall–Kier alpha value is -6.70. The monoisotopic (exact) mass is 1060 g/mol. The van der Waals surface area contributed by atoms with Crippen LogP contribution in [-0.4, -0.2) is 12.4 Å². The van der Waals surface area contributed by atoms with Crippen molar-refractivity contribution in [1.82, 2.24) is 0 Å². The molecule has 2 nitrogen and oxygen atoms in total. The Bertz CT molecular complexity index is 2450. The summed E-state index contributed by atoms with van der Waals surface area (Å²) in [6, 6.07) is 5.04. The van der Waals surface area contributed by atoms with Crippen molar-refractivity contribution in [2.75, 3.05) is 0 Å². The molecule has 0 N–H and O–H groups in total. The van der Waals surface area contributed by atoms with Crippen LogP contribution < -0.4 is 26.4 Å². The van der Waals surface area contributed by atoms with E-state index in [1.54, 1.807) is 0 Å². The number of carbonyl (C=O) groups is 1. The molecule has 72 heavy (non-hydrogen) atoms. The molecule has 0 spiro atoms. The number of benzene rings is 5. The van der Waals surface area contributed by atoms with E-state index in [0.717, 1.165) is 12.8 Å². The zero-order valence-electron chi connectivity index (χ0n) is 34.9. The summed E-state index contributed by atoms with van der Waals surface area (Å²) in [6.45, 7) is 0.833. The maximum Gasteiger partial charge on any atom is 0.416 e. The zero-order valence-corrected chi connectivity index (χ0v) is 34.9. The number of aromatic nitrogens is 1. The molecular formula is C45H24BF24NO. The highest BCUT2D eigenvalue weighted by Gasteiger charge is 2.47. The van der Waals surface area contributed by atoms with Crippen LogP contribution in [0.5, 0.6) is 0 Å². The van der Waals surface area contributed by atoms with E-state index in [1.807, 2.05) is 47.3 Å². The molecular weight excluding hydrogens is 1040 g/mol. The average Bonchev–Trinajstić information content (AvgIpc) is 3.25. The fourth-order valence-electron chi connectivity index (χ4n) is 7.52. The molecule has 386 valence electrons. The topological polar surface area (TPSA) is 20.9 Å². The molecule has 27 heteroatoms. The first-order chi connectivity index (χ1) is 32.6. The number of hydrogen-bond acceptors (Lipinski definition) is 1. The van der Waals surface area contributed by atoms with Crippen LogP contribution in [0.3, 0.4) is 0 Å². The van der Waals surface area contributed by atoms with E-state index in [2.05, 4.69) is 12.1 Å². The van der Waals surface area contributed by atoms with Gasteiger partial charge in [0.25, 0.3) is 0 Å². The molecule has 0 aliphatic heterocycles. The van der Waals surface area contributed by atoms with Gasteiger partial charge in [-0.05, 0) is 24.3 Å². The van der Waals surface area contributed by atoms with Gasteiger partial charge in [-0.3, -0.25) is 4.79 Å². The predicted molar refractivity (Wildman–Crippen MR) is 208 cm³/mol. The first-order valence-corrected chi connectivity index (χ1v) is 19.5. The molecule has 0 saturated heterocycles. The lowest BCUT2D eigenvalue weighted by Crippen LogP contribution is -2.75. The van der Waals surface area contributed by atoms with Gasteiger partial charge in [0.05, 0.1) is 44.5 Å². The van der Waals surface area contributed by atoms with Crippen molar-refractivity contribution in [3.8, 4) is 0 Å². The van der Waals surface area contributed by atoms with Crippen molar-refractivity contribution in [3.05, 3.63) is 183 Å². The molecule has 0 bridgehead atoms. The molecule has 0 fully saturated rings. The first kappa shape index (κ1) is 56.2. The van der Waals surface area contributed by atoms with E-state index in [-0.39, 0.29) is 0 Å². The largest absolute Gasteiger partial charge is 0.416 e. The van der Waals surface area contributed by atoms with Crippen molar-refractivity contribution >= 4 is 34.3 Å². The molecule has 0 radical (unpaired) electrons. The van der Waals surface area contributed by atoms with Crippen molar-refractivity contribution in [3.63, 3.8) is 0 Å². The van der Waals surface area contributed by atoms with Crippen LogP contribution >= 0.6 is 0 Å². The third kappa shape index (κ3) is 13.0. The fraction of sp³-hybridized carbons (Fsp3) is 0.200. The Labute approximate surface area is 388 Å². The summed E-state index contributed by atoms with van der Waals surface area (Å²) in [7, 11) is 0. The van der Waals surface area contributed by atoms with Gasteiger partial charge in [0.2, 0.25) is 0 Å². The SMILES string of the molecule is FC(F)(F)c1cc([B-](c2cc(C(F)(F)F)cc(C(F)(F)F)c2)(c2cc(C(F)(F)F)cc(C(F)(F)F)c2)c2cc(C(F)(F)F)cc(C(F)(F)F)c2)cc(C(F)(F)F)c1.O=Cc1cc[n+](Cc2ccccc2)cc1. The number of pyridine rings is 1. The maximum atomic E-state index is 14.2. The lowest BCUT2D eigenvalue weighted by atomic mass is 9.12. The molecule has 1 heterocycles. The van der Waals surface area contributed by atoms with Crippen molar-refractivity contribution in [1.29, 1.82) is 0 Å². The van der Waals surface area contributed by atoms with E-state index < -0.39 is 195 Å². The summed E-state index contributed by atoms with van der Waals surface area (Å²) in [5, 5.41) is 0. The summed E-state index contributed by atoms with van der Waals surface area (Å²) in [4.78, 5) is 10.5. The third-order valence-corrected chi connectivity index (χ3v) is 10.7. The minimum absolute atomic E-state index is 0.691. The Kier molecular flexibility index (Phi) is 15.1. The molecule has 6 rings (SSSR count). The standard InChI is InChI=1S/C32H12BF24.C13H12NO/c34-25(35,36)13-1-14(26(37,38)39)6-21(5-13)33(22-7-15(27(40,41)42)2-16(8-22)28(43,44)45,23-9-17(29(46,47)48)3-18(10-23)30(49,50)51)24-11-19(31(52,53)54)4-20(12-24)32(55,56)57;15-11-13-6-8-14(9-7-13)10-12-4-2-1-3-5-12/h1-12H;1-9,11H,10H2/q-1;+1. The van der Waals surface area contributed by atoms with Gasteiger partial charge in [-0.2, -0.15) is 127 Å². The highest BCUT2D eigenvalue weighted by atomic mass is 19.4. The Balaban J connectivity index is 0.000000542. The lowest BCUT2D eigenvalue weighted by molar-refractivity contribution is -0.688. The Morgan fingerprint density at radius 3 is 0.750 bits per heavy atom. The highest BCUT2D eigenvalue weighted by molar-refractivity contribution is 7.20. The van der Waals surface area contributed by atoms with Crippen molar-refractivity contribution in [2.45, 2.75) is 56.0 Å². The van der Waals surface area contributed by atoms with Gasteiger partial charge in [0.15, 0.2) is 25.2 Å². The van der Waals surface area contributed by atoms with Gasteiger partial charge in [0.1, 0.15) is 6.15 Å². The Morgan fingerprint density at radius 1 is 0.333 bits per heavy atom. The van der Waals surface area contributed by atoms with Gasteiger partial charge in [-0.1, -0.05) is 78.9 Å². The molecule has 6 aromatic rings. The van der Waals surface area contributed by atoms with Crippen LogP contribution in [0.25, 0.3) is 0 Å². The summed E-state index contributed by atoms with van der Waals surface area (Å²) >= 11 is 0. The van der Waals surface area contributed by atoms with Crippen LogP contribution in [0.1, 0.15) is 60.4 Å². The minimum atomic E-state index is -6.13. The van der Waals surface area contributed by atoms with Crippen LogP contribution in [0.2, 0.25) is 0 Å². The molecule has 1 aromatic heterocycles. The normalized spacial score (nSPS) is 13.4. The summed E-state index contributed by atoms with van der Waals surface area (Å²) in [5.41, 5.74) is -28.2. The summed E-state index contributed by atoms with van der Waals surface area (Å²) < 4.78 is 343. The van der Waals surface area contributed by atoms with E-state index in [9.17, 15) is 110 Å². The second kappa shape index (κ2) is 19.4. The molecule has 5 aromatic carbocycles. The van der Waals surface area contributed by atoms with E-state index in [1.165, 1.54) is 5.56 Å². The van der Waals surface area contributed by atoms with E-state index >= 15 is 0 Å². The number of alkyl halides is 24. The molecule has 0 aliphatic carbocycles. The second-order valence-corrected chi connectivity index (χ2v) is 15.6. The maximum absolute atomic E-state index is 14.2. The third-order valence-electron chi connectivity index (χ3n) is 10.7. The van der Waals surface area contributed by atoms with Crippen molar-refractivity contribution in [2.24, 2.45) is 0 Å². The van der Waals surface area contributed by atoms with Crippen LogP contribution in [0, 0.1) is 0 Å². The molecule has 0 aliphatic rings. The van der Waals surface area contributed by atoms with Gasteiger partial charge < -0.3 is 0 Å². The summed E-state index contributed by atoms with van der Waals surface area (Å²) in [6.07, 6.45) is -50.1. The Morgan fingerprint density at radius 2 is 0.556 bits per heavy atom. The van der Waals surface area contributed by atoms with Crippen LogP contribution in [0.15, 0.2) is 128 Å². The van der Waals surface area contributed by atoms with Gasteiger partial charge in [0, 0.05) is 23.3 Å². The number of rotatable bonds is 7. The smallest absolute Gasteiger partial charge is 0.298 e. The molecule has 0 unspecified atom stereocenters.